The van der Waals surface area contributed by atoms with Gasteiger partial charge in [0, 0.05) is 6.42 Å². The summed E-state index contributed by atoms with van der Waals surface area (Å²) in [4.78, 5) is 0. The van der Waals surface area contributed by atoms with Crippen molar-refractivity contribution in [1.29, 1.82) is 0 Å². The summed E-state index contributed by atoms with van der Waals surface area (Å²) in [5.41, 5.74) is 0. The quantitative estimate of drug-likeness (QED) is 0.286. The molecule has 1 aromatic rings. The van der Waals surface area contributed by atoms with Gasteiger partial charge >= 0.3 is 12.1 Å². The smallest absolute Gasteiger partial charge is 0.453 e. The molecule has 0 aromatic heterocycles. The van der Waals surface area contributed by atoms with Crippen molar-refractivity contribution in [3.05, 3.63) is 30.3 Å². The number of unbranched alkanes of at least 4 members (excludes halogenated alkanes) is 5. The van der Waals surface area contributed by atoms with Gasteiger partial charge in [0.15, 0.2) is 0 Å². The third kappa shape index (κ3) is 10.2. The zero-order valence-corrected chi connectivity index (χ0v) is 16.4. The van der Waals surface area contributed by atoms with Crippen LogP contribution < -0.4 is 4.74 Å². The average Bonchev–Trinajstić information content (AvgIpc) is 2.60. The maximum atomic E-state index is 12.8. The standard InChI is InChI=1S/C19H26F5O3S/c20-18(21,19(22,23)24)13-10-16-28(25,26)15-9-4-2-1-3-8-14-27-17-11-6-5-7-12-17/h6-7,11-12H,1-4,8-10,13-16H2. The highest BCUT2D eigenvalue weighted by Gasteiger charge is 2.56. The third-order valence-corrected chi connectivity index (χ3v) is 5.99. The highest BCUT2D eigenvalue weighted by Crippen LogP contribution is 2.38. The molecule has 0 aliphatic carbocycles. The van der Waals surface area contributed by atoms with Gasteiger partial charge in [0.25, 0.3) is 0 Å². The summed E-state index contributed by atoms with van der Waals surface area (Å²) < 4.78 is 90.6. The van der Waals surface area contributed by atoms with Crippen molar-refractivity contribution in [3.63, 3.8) is 0 Å². The summed E-state index contributed by atoms with van der Waals surface area (Å²) in [7, 11) is -3.60. The molecule has 0 heterocycles. The van der Waals surface area contributed by atoms with Crippen LogP contribution >= 0.6 is 0 Å². The predicted octanol–water partition coefficient (Wildman–Crippen LogP) is 5.60. The van der Waals surface area contributed by atoms with Gasteiger partial charge in [-0.2, -0.15) is 22.0 Å². The topological polar surface area (TPSA) is 43.4 Å². The molecule has 0 spiro atoms. The second-order valence-electron chi connectivity index (χ2n) is 6.66. The van der Waals surface area contributed by atoms with Crippen molar-refractivity contribution in [3.8, 4) is 5.75 Å². The normalized spacial score (nSPS) is 12.9. The lowest BCUT2D eigenvalue weighted by Gasteiger charge is -2.19. The van der Waals surface area contributed by atoms with Crippen LogP contribution in [0.1, 0.15) is 51.4 Å². The van der Waals surface area contributed by atoms with E-state index in [9.17, 15) is 30.4 Å². The third-order valence-electron chi connectivity index (χ3n) is 4.17. The van der Waals surface area contributed by atoms with Gasteiger partial charge in [-0.15, -0.1) is 0 Å². The van der Waals surface area contributed by atoms with Gasteiger partial charge in [0.2, 0.25) is 0 Å². The molecule has 0 saturated carbocycles. The maximum absolute atomic E-state index is 12.8. The maximum Gasteiger partial charge on any atom is 0.453 e. The van der Waals surface area contributed by atoms with E-state index < -0.39 is 40.5 Å². The highest BCUT2D eigenvalue weighted by molar-refractivity contribution is 7.91. The molecule has 0 unspecified atom stereocenters. The van der Waals surface area contributed by atoms with Crippen LogP contribution in [-0.2, 0) is 9.84 Å². The first kappa shape index (κ1) is 24.7. The molecule has 161 valence electrons. The molecule has 0 atom stereocenters. The summed E-state index contributed by atoms with van der Waals surface area (Å²) in [6.45, 7) is 0.598. The van der Waals surface area contributed by atoms with E-state index in [-0.39, 0.29) is 5.75 Å². The molecule has 0 bridgehead atoms. The van der Waals surface area contributed by atoms with Crippen LogP contribution in [0.2, 0.25) is 0 Å². The van der Waals surface area contributed by atoms with E-state index in [0.29, 0.717) is 19.4 Å². The summed E-state index contributed by atoms with van der Waals surface area (Å²) in [5.74, 6) is -4.88. The van der Waals surface area contributed by atoms with Gasteiger partial charge < -0.3 is 4.74 Å². The largest absolute Gasteiger partial charge is 0.494 e. The summed E-state index contributed by atoms with van der Waals surface area (Å²) in [6, 6.07) is 10.1. The van der Waals surface area contributed by atoms with Crippen molar-refractivity contribution < 1.29 is 35.1 Å². The van der Waals surface area contributed by atoms with Gasteiger partial charge in [-0.1, -0.05) is 37.8 Å². The molecule has 3 nitrogen and oxygen atoms in total. The molecule has 0 fully saturated rings. The Labute approximate surface area is 163 Å². The molecule has 0 aliphatic rings. The molecule has 0 aliphatic heterocycles. The zero-order chi connectivity index (χ0) is 21.1. The lowest BCUT2D eigenvalue weighted by Crippen LogP contribution is -2.36. The second-order valence-corrected chi connectivity index (χ2v) is 8.97. The van der Waals surface area contributed by atoms with E-state index in [2.05, 4.69) is 6.07 Å². The first-order valence-electron chi connectivity index (χ1n) is 9.27. The minimum Gasteiger partial charge on any atom is -0.494 e. The summed E-state index contributed by atoms with van der Waals surface area (Å²) in [6.07, 6.45) is -3.20. The van der Waals surface area contributed by atoms with Crippen molar-refractivity contribution >= 4 is 9.84 Å². The number of hydrogen-bond donors (Lipinski definition) is 0. The number of ether oxygens (including phenoxy) is 1. The Bertz CT molecular complexity index is 645. The van der Waals surface area contributed by atoms with E-state index in [0.717, 1.165) is 31.4 Å². The second kappa shape index (κ2) is 11.6. The number of sulfone groups is 1. The fourth-order valence-electron chi connectivity index (χ4n) is 2.55. The minimum absolute atomic E-state index is 0.182. The van der Waals surface area contributed by atoms with Crippen LogP contribution in [-0.4, -0.2) is 38.6 Å². The number of rotatable bonds is 14. The van der Waals surface area contributed by atoms with Gasteiger partial charge in [0.05, 0.1) is 18.1 Å². The molecule has 1 radical (unpaired) electrons. The molecule has 9 heteroatoms. The SMILES string of the molecule is O=S(=O)(CCCCCCCCOc1cc[c]cc1)CCCC(F)(F)C(F)(F)F. The van der Waals surface area contributed by atoms with Gasteiger partial charge in [0.1, 0.15) is 15.6 Å². The molecule has 1 aromatic carbocycles. The van der Waals surface area contributed by atoms with Crippen LogP contribution in [0.3, 0.4) is 0 Å². The molecule has 0 saturated heterocycles. The molecule has 28 heavy (non-hydrogen) atoms. The monoisotopic (exact) mass is 429 g/mol. The highest BCUT2D eigenvalue weighted by atomic mass is 32.2. The van der Waals surface area contributed by atoms with E-state index in [1.807, 2.05) is 12.1 Å². The Kier molecular flexibility index (Phi) is 10.2. The molecule has 0 N–H and O–H groups in total. The Morgan fingerprint density at radius 2 is 1.36 bits per heavy atom. The Hall–Kier alpha value is -1.38. The Morgan fingerprint density at radius 3 is 1.96 bits per heavy atom. The minimum atomic E-state index is -5.64. The number of halogens is 5. The molecular formula is C19H26F5O3S. The van der Waals surface area contributed by atoms with Crippen LogP contribution in [0.5, 0.6) is 5.75 Å². The Morgan fingerprint density at radius 1 is 0.821 bits per heavy atom. The van der Waals surface area contributed by atoms with Crippen molar-refractivity contribution in [2.75, 3.05) is 18.1 Å². The predicted molar refractivity (Wildman–Crippen MR) is 97.4 cm³/mol. The first-order valence-corrected chi connectivity index (χ1v) is 11.1. The molecule has 1 rings (SSSR count). The lowest BCUT2D eigenvalue weighted by atomic mass is 10.1. The number of benzene rings is 1. The van der Waals surface area contributed by atoms with Gasteiger partial charge in [-0.25, -0.2) is 8.42 Å². The van der Waals surface area contributed by atoms with Gasteiger partial charge in [-0.3, -0.25) is 0 Å². The van der Waals surface area contributed by atoms with Crippen LogP contribution in [0.4, 0.5) is 22.0 Å². The first-order chi connectivity index (χ1) is 13.0. The van der Waals surface area contributed by atoms with Crippen molar-refractivity contribution in [2.45, 2.75) is 63.5 Å². The van der Waals surface area contributed by atoms with E-state index >= 15 is 0 Å². The fraction of sp³-hybridized carbons (Fsp3) is 0.684. The van der Waals surface area contributed by atoms with Crippen LogP contribution in [0.25, 0.3) is 0 Å². The van der Waals surface area contributed by atoms with E-state index in [1.54, 1.807) is 12.1 Å². The fourth-order valence-corrected chi connectivity index (χ4v) is 3.98. The van der Waals surface area contributed by atoms with Gasteiger partial charge in [-0.05, 0) is 37.5 Å². The zero-order valence-electron chi connectivity index (χ0n) is 15.6. The summed E-state index contributed by atoms with van der Waals surface area (Å²) >= 11 is 0. The van der Waals surface area contributed by atoms with Crippen LogP contribution in [0, 0.1) is 6.07 Å². The van der Waals surface area contributed by atoms with Crippen LogP contribution in [0.15, 0.2) is 24.3 Å². The molecule has 0 amide bonds. The van der Waals surface area contributed by atoms with Crippen molar-refractivity contribution in [2.24, 2.45) is 0 Å². The van der Waals surface area contributed by atoms with Crippen molar-refractivity contribution in [1.82, 2.24) is 0 Å². The lowest BCUT2D eigenvalue weighted by molar-refractivity contribution is -0.284. The Balaban J connectivity index is 2.04. The average molecular weight is 429 g/mol. The molecular weight excluding hydrogens is 403 g/mol. The van der Waals surface area contributed by atoms with E-state index in [1.165, 1.54) is 0 Å². The van der Waals surface area contributed by atoms with E-state index in [4.69, 9.17) is 4.74 Å². The summed E-state index contributed by atoms with van der Waals surface area (Å²) in [5, 5.41) is 0. The number of hydrogen-bond acceptors (Lipinski definition) is 3. The number of alkyl halides is 5.